The number of fused-ring (bicyclic) bond motifs is 1. The summed E-state index contributed by atoms with van der Waals surface area (Å²) in [5, 5.41) is 0.689. The van der Waals surface area contributed by atoms with Gasteiger partial charge in [-0.15, -0.1) is 0 Å². The van der Waals surface area contributed by atoms with Gasteiger partial charge in [0, 0.05) is 44.7 Å². The van der Waals surface area contributed by atoms with Crippen LogP contribution in [0.4, 0.5) is 0 Å². The van der Waals surface area contributed by atoms with Crippen molar-refractivity contribution >= 4 is 11.6 Å². The molecule has 1 aromatic rings. The third-order valence-electron chi connectivity index (χ3n) is 4.68. The Balaban J connectivity index is 2.00. The highest BCUT2D eigenvalue weighted by molar-refractivity contribution is 6.32. The van der Waals surface area contributed by atoms with Crippen LogP contribution in [0.1, 0.15) is 12.0 Å². The number of halogens is 1. The zero-order chi connectivity index (χ0) is 14.2. The summed E-state index contributed by atoms with van der Waals surface area (Å²) in [5.74, 6) is 0.824. The van der Waals surface area contributed by atoms with Gasteiger partial charge in [-0.05, 0) is 13.1 Å². The summed E-state index contributed by atoms with van der Waals surface area (Å²) >= 11 is 6.30. The van der Waals surface area contributed by atoms with Crippen LogP contribution in [0, 0.1) is 0 Å². The van der Waals surface area contributed by atoms with Crippen molar-refractivity contribution < 1.29 is 4.74 Å². The van der Waals surface area contributed by atoms with Gasteiger partial charge >= 0.3 is 0 Å². The second kappa shape index (κ2) is 5.53. The van der Waals surface area contributed by atoms with Gasteiger partial charge in [-0.2, -0.15) is 0 Å². The van der Waals surface area contributed by atoms with Gasteiger partial charge in [0.2, 0.25) is 0 Å². The lowest BCUT2D eigenvalue weighted by Crippen LogP contribution is -2.59. The van der Waals surface area contributed by atoms with Crippen molar-refractivity contribution in [1.82, 2.24) is 9.80 Å². The molecule has 5 heteroatoms. The molecule has 2 aliphatic heterocycles. The molecule has 0 aromatic heterocycles. The van der Waals surface area contributed by atoms with Gasteiger partial charge in [-0.3, -0.25) is 4.90 Å². The number of rotatable bonds is 2. The summed E-state index contributed by atoms with van der Waals surface area (Å²) in [5.41, 5.74) is 7.25. The lowest BCUT2D eigenvalue weighted by molar-refractivity contribution is 0.0139. The topological polar surface area (TPSA) is 41.7 Å². The van der Waals surface area contributed by atoms with Crippen LogP contribution in [0.2, 0.25) is 5.02 Å². The summed E-state index contributed by atoms with van der Waals surface area (Å²) in [7, 11) is 2.17. The van der Waals surface area contributed by atoms with E-state index in [1.807, 2.05) is 12.1 Å². The van der Waals surface area contributed by atoms with Crippen LogP contribution in [0.15, 0.2) is 18.2 Å². The average molecular weight is 296 g/mol. The summed E-state index contributed by atoms with van der Waals surface area (Å²) in [4.78, 5) is 4.88. The first kappa shape index (κ1) is 14.1. The molecule has 2 heterocycles. The average Bonchev–Trinajstić information content (AvgIpc) is 2.48. The van der Waals surface area contributed by atoms with Gasteiger partial charge in [0.05, 0.1) is 17.2 Å². The molecule has 1 atom stereocenters. The molecule has 1 aromatic carbocycles. The van der Waals surface area contributed by atoms with Gasteiger partial charge in [-0.1, -0.05) is 23.7 Å². The normalized spacial score (nSPS) is 27.9. The molecule has 1 fully saturated rings. The van der Waals surface area contributed by atoms with Crippen LogP contribution in [-0.4, -0.2) is 56.2 Å². The Bertz CT molecular complexity index is 488. The van der Waals surface area contributed by atoms with Crippen LogP contribution in [0.25, 0.3) is 0 Å². The number of para-hydroxylation sites is 1. The van der Waals surface area contributed by atoms with Crippen molar-refractivity contribution in [2.24, 2.45) is 5.73 Å². The number of likely N-dealkylation sites (N-methyl/N-ethyl adjacent to an activating group) is 1. The number of hydrogen-bond donors (Lipinski definition) is 1. The molecule has 2 N–H and O–H groups in total. The molecule has 0 aliphatic carbocycles. The van der Waals surface area contributed by atoms with Gasteiger partial charge < -0.3 is 15.4 Å². The Hall–Kier alpha value is -0.810. The lowest BCUT2D eigenvalue weighted by Gasteiger charge is -2.49. The zero-order valence-electron chi connectivity index (χ0n) is 11.9. The lowest BCUT2D eigenvalue weighted by atomic mass is 9.82. The first-order chi connectivity index (χ1) is 9.67. The number of ether oxygens (including phenoxy) is 1. The summed E-state index contributed by atoms with van der Waals surface area (Å²) in [6, 6.07) is 6.00. The first-order valence-electron chi connectivity index (χ1n) is 7.23. The molecule has 3 rings (SSSR count). The van der Waals surface area contributed by atoms with Gasteiger partial charge in [0.15, 0.2) is 0 Å². The highest BCUT2D eigenvalue weighted by atomic mass is 35.5. The van der Waals surface area contributed by atoms with Crippen molar-refractivity contribution in [2.75, 3.05) is 46.4 Å². The second-order valence-corrected chi connectivity index (χ2v) is 6.15. The smallest absolute Gasteiger partial charge is 0.142 e. The number of piperazine rings is 1. The SMILES string of the molecule is CN1CCN(C2(CN)CCOc3c(Cl)cccc32)CC1. The fourth-order valence-electron chi connectivity index (χ4n) is 3.38. The monoisotopic (exact) mass is 295 g/mol. The molecule has 110 valence electrons. The van der Waals surface area contributed by atoms with E-state index < -0.39 is 0 Å². The van der Waals surface area contributed by atoms with Crippen LogP contribution in [0.3, 0.4) is 0 Å². The Morgan fingerprint density at radius 1 is 1.30 bits per heavy atom. The highest BCUT2D eigenvalue weighted by Gasteiger charge is 2.43. The number of benzene rings is 1. The Morgan fingerprint density at radius 3 is 2.75 bits per heavy atom. The van der Waals surface area contributed by atoms with E-state index in [4.69, 9.17) is 22.1 Å². The molecule has 2 aliphatic rings. The minimum Gasteiger partial charge on any atom is -0.492 e. The van der Waals surface area contributed by atoms with E-state index in [9.17, 15) is 0 Å². The maximum Gasteiger partial charge on any atom is 0.142 e. The minimum absolute atomic E-state index is 0.125. The van der Waals surface area contributed by atoms with Crippen molar-refractivity contribution in [3.63, 3.8) is 0 Å². The molecule has 1 unspecified atom stereocenters. The van der Waals surface area contributed by atoms with Gasteiger partial charge in [0.1, 0.15) is 5.75 Å². The Morgan fingerprint density at radius 2 is 2.05 bits per heavy atom. The number of hydrogen-bond acceptors (Lipinski definition) is 4. The summed E-state index contributed by atoms with van der Waals surface area (Å²) < 4.78 is 5.80. The molecule has 0 radical (unpaired) electrons. The standard InChI is InChI=1S/C15H22ClN3O/c1-18-6-8-19(9-7-18)15(11-17)5-10-20-14-12(15)3-2-4-13(14)16/h2-4H,5-11,17H2,1H3. The molecule has 1 saturated heterocycles. The van der Waals surface area contributed by atoms with Crippen molar-refractivity contribution in [3.8, 4) is 5.75 Å². The predicted molar refractivity (Wildman–Crippen MR) is 81.4 cm³/mol. The molecule has 0 saturated carbocycles. The van der Waals surface area contributed by atoms with E-state index in [2.05, 4.69) is 22.9 Å². The first-order valence-corrected chi connectivity index (χ1v) is 7.60. The molecule has 0 bridgehead atoms. The van der Waals surface area contributed by atoms with E-state index in [-0.39, 0.29) is 5.54 Å². The Labute approximate surface area is 125 Å². The quantitative estimate of drug-likeness (QED) is 0.898. The number of nitrogens with zero attached hydrogens (tertiary/aromatic N) is 2. The molecular formula is C15H22ClN3O. The molecular weight excluding hydrogens is 274 g/mol. The predicted octanol–water partition coefficient (Wildman–Crippen LogP) is 1.52. The Kier molecular flexibility index (Phi) is 3.91. The van der Waals surface area contributed by atoms with Crippen LogP contribution in [0.5, 0.6) is 5.75 Å². The second-order valence-electron chi connectivity index (χ2n) is 5.74. The van der Waals surface area contributed by atoms with Crippen molar-refractivity contribution in [2.45, 2.75) is 12.0 Å². The van der Waals surface area contributed by atoms with Gasteiger partial charge in [0.25, 0.3) is 0 Å². The maximum atomic E-state index is 6.30. The van der Waals surface area contributed by atoms with Crippen LogP contribution >= 0.6 is 11.6 Å². The van der Waals surface area contributed by atoms with E-state index in [0.717, 1.165) is 43.9 Å². The van der Waals surface area contributed by atoms with E-state index in [1.54, 1.807) is 0 Å². The van der Waals surface area contributed by atoms with Gasteiger partial charge in [-0.25, -0.2) is 0 Å². The maximum absolute atomic E-state index is 6.30. The third kappa shape index (κ3) is 2.21. The number of nitrogens with two attached hydrogens (primary N) is 1. The minimum atomic E-state index is -0.125. The van der Waals surface area contributed by atoms with Crippen LogP contribution < -0.4 is 10.5 Å². The molecule has 4 nitrogen and oxygen atoms in total. The van der Waals surface area contributed by atoms with Crippen molar-refractivity contribution in [1.29, 1.82) is 0 Å². The van der Waals surface area contributed by atoms with E-state index >= 15 is 0 Å². The highest BCUT2D eigenvalue weighted by Crippen LogP contribution is 2.44. The van der Waals surface area contributed by atoms with E-state index in [0.29, 0.717) is 18.2 Å². The fraction of sp³-hybridized carbons (Fsp3) is 0.600. The van der Waals surface area contributed by atoms with Crippen molar-refractivity contribution in [3.05, 3.63) is 28.8 Å². The largest absolute Gasteiger partial charge is 0.492 e. The van der Waals surface area contributed by atoms with Crippen LogP contribution in [-0.2, 0) is 5.54 Å². The summed E-state index contributed by atoms with van der Waals surface area (Å²) in [6.07, 6.45) is 0.931. The zero-order valence-corrected chi connectivity index (χ0v) is 12.7. The summed E-state index contributed by atoms with van der Waals surface area (Å²) in [6.45, 7) is 5.53. The van der Waals surface area contributed by atoms with E-state index in [1.165, 1.54) is 0 Å². The fourth-order valence-corrected chi connectivity index (χ4v) is 3.61. The molecule has 0 spiro atoms. The molecule has 20 heavy (non-hydrogen) atoms. The third-order valence-corrected chi connectivity index (χ3v) is 4.97. The molecule has 0 amide bonds.